The fourth-order valence-corrected chi connectivity index (χ4v) is 2.32. The molecule has 1 rings (SSSR count). The Labute approximate surface area is 89.7 Å². The summed E-state index contributed by atoms with van der Waals surface area (Å²) in [4.78, 5) is 0. The molecular formula is C13H27N. The van der Waals surface area contributed by atoms with Crippen molar-refractivity contribution >= 4 is 0 Å². The third-order valence-electron chi connectivity index (χ3n) is 3.13. The van der Waals surface area contributed by atoms with Gasteiger partial charge in [-0.05, 0) is 30.1 Å². The van der Waals surface area contributed by atoms with E-state index < -0.39 is 0 Å². The van der Waals surface area contributed by atoms with Gasteiger partial charge in [0, 0.05) is 12.6 Å². The Hall–Kier alpha value is -0.0400. The van der Waals surface area contributed by atoms with Gasteiger partial charge in [0.15, 0.2) is 0 Å². The molecule has 1 fully saturated rings. The first kappa shape index (κ1) is 12.0. The molecular weight excluding hydrogens is 170 g/mol. The van der Waals surface area contributed by atoms with Gasteiger partial charge >= 0.3 is 0 Å². The predicted molar refractivity (Wildman–Crippen MR) is 63.5 cm³/mol. The quantitative estimate of drug-likeness (QED) is 0.713. The Bertz CT molecular complexity index is 176. The number of hydrogen-bond donors (Lipinski definition) is 1. The molecule has 84 valence electrons. The van der Waals surface area contributed by atoms with Crippen LogP contribution in [0.1, 0.15) is 60.3 Å². The molecule has 0 saturated heterocycles. The fraction of sp³-hybridized carbons (Fsp3) is 1.00. The Kier molecular flexibility index (Phi) is 3.63. The maximum absolute atomic E-state index is 3.72. The zero-order chi connectivity index (χ0) is 10.8. The molecule has 1 aliphatic rings. The van der Waals surface area contributed by atoms with Crippen molar-refractivity contribution in [1.82, 2.24) is 5.32 Å². The van der Waals surface area contributed by atoms with Crippen LogP contribution in [0.5, 0.6) is 0 Å². The molecule has 0 aliphatic heterocycles. The number of nitrogens with one attached hydrogen (secondary N) is 1. The van der Waals surface area contributed by atoms with Gasteiger partial charge in [-0.1, -0.05) is 41.0 Å². The SMILES string of the molecule is CC(C)(C)CN[C@H]1CCCC(C)(C)C1. The number of rotatable bonds is 2. The maximum atomic E-state index is 3.72. The Morgan fingerprint density at radius 2 is 1.93 bits per heavy atom. The Morgan fingerprint density at radius 1 is 1.29 bits per heavy atom. The third-order valence-corrected chi connectivity index (χ3v) is 3.13. The van der Waals surface area contributed by atoms with E-state index >= 15 is 0 Å². The third kappa shape index (κ3) is 4.45. The van der Waals surface area contributed by atoms with Crippen LogP contribution in [0.4, 0.5) is 0 Å². The van der Waals surface area contributed by atoms with E-state index in [9.17, 15) is 0 Å². The van der Waals surface area contributed by atoms with Gasteiger partial charge in [-0.25, -0.2) is 0 Å². The summed E-state index contributed by atoms with van der Waals surface area (Å²) in [5.74, 6) is 0. The molecule has 0 unspecified atom stereocenters. The minimum absolute atomic E-state index is 0.418. The van der Waals surface area contributed by atoms with E-state index in [1.54, 1.807) is 0 Å². The van der Waals surface area contributed by atoms with Gasteiger partial charge in [-0.2, -0.15) is 0 Å². The first-order valence-electron chi connectivity index (χ1n) is 6.02. The molecule has 0 radical (unpaired) electrons. The highest BCUT2D eigenvalue weighted by Crippen LogP contribution is 2.35. The second kappa shape index (κ2) is 4.22. The van der Waals surface area contributed by atoms with E-state index in [4.69, 9.17) is 0 Å². The second-order valence-corrected chi connectivity index (χ2v) is 6.90. The summed E-state index contributed by atoms with van der Waals surface area (Å²) in [6.45, 7) is 12.8. The van der Waals surface area contributed by atoms with Gasteiger partial charge < -0.3 is 5.32 Å². The Balaban J connectivity index is 2.32. The van der Waals surface area contributed by atoms with Crippen LogP contribution in [0.15, 0.2) is 0 Å². The molecule has 0 heterocycles. The van der Waals surface area contributed by atoms with Crippen LogP contribution in [0.2, 0.25) is 0 Å². The lowest BCUT2D eigenvalue weighted by Crippen LogP contribution is -2.40. The van der Waals surface area contributed by atoms with Crippen molar-refractivity contribution in [3.8, 4) is 0 Å². The van der Waals surface area contributed by atoms with Crippen LogP contribution >= 0.6 is 0 Å². The van der Waals surface area contributed by atoms with E-state index in [0.29, 0.717) is 10.8 Å². The standard InChI is InChI=1S/C13H27N/c1-12(2,3)10-14-11-7-6-8-13(4,5)9-11/h11,14H,6-10H2,1-5H3/t11-/m0/s1. The zero-order valence-electron chi connectivity index (χ0n) is 10.6. The van der Waals surface area contributed by atoms with Gasteiger partial charge in [0.1, 0.15) is 0 Å². The fourth-order valence-electron chi connectivity index (χ4n) is 2.32. The monoisotopic (exact) mass is 197 g/mol. The summed E-state index contributed by atoms with van der Waals surface area (Å²) in [6.07, 6.45) is 5.53. The summed E-state index contributed by atoms with van der Waals surface area (Å²) in [7, 11) is 0. The topological polar surface area (TPSA) is 12.0 Å². The molecule has 0 aromatic heterocycles. The zero-order valence-corrected chi connectivity index (χ0v) is 10.6. The summed E-state index contributed by atoms with van der Waals surface area (Å²) in [5, 5.41) is 3.72. The van der Waals surface area contributed by atoms with Crippen molar-refractivity contribution < 1.29 is 0 Å². The van der Waals surface area contributed by atoms with Crippen LogP contribution in [0.25, 0.3) is 0 Å². The summed E-state index contributed by atoms with van der Waals surface area (Å²) >= 11 is 0. The van der Waals surface area contributed by atoms with Crippen molar-refractivity contribution in [3.05, 3.63) is 0 Å². The number of hydrogen-bond acceptors (Lipinski definition) is 1. The van der Waals surface area contributed by atoms with Crippen LogP contribution in [-0.4, -0.2) is 12.6 Å². The average molecular weight is 197 g/mol. The van der Waals surface area contributed by atoms with E-state index in [1.165, 1.54) is 25.7 Å². The van der Waals surface area contributed by atoms with Crippen molar-refractivity contribution in [2.45, 2.75) is 66.3 Å². The molecule has 1 N–H and O–H groups in total. The van der Waals surface area contributed by atoms with E-state index in [2.05, 4.69) is 39.9 Å². The van der Waals surface area contributed by atoms with E-state index in [1.807, 2.05) is 0 Å². The van der Waals surface area contributed by atoms with Crippen LogP contribution in [-0.2, 0) is 0 Å². The van der Waals surface area contributed by atoms with Crippen molar-refractivity contribution in [2.24, 2.45) is 10.8 Å². The highest BCUT2D eigenvalue weighted by Gasteiger charge is 2.28. The highest BCUT2D eigenvalue weighted by molar-refractivity contribution is 4.84. The molecule has 14 heavy (non-hydrogen) atoms. The largest absolute Gasteiger partial charge is 0.313 e. The van der Waals surface area contributed by atoms with Crippen LogP contribution < -0.4 is 5.32 Å². The molecule has 0 bridgehead atoms. The lowest BCUT2D eigenvalue weighted by molar-refractivity contribution is 0.188. The van der Waals surface area contributed by atoms with Gasteiger partial charge in [0.2, 0.25) is 0 Å². The summed E-state index contributed by atoms with van der Waals surface area (Å²) in [5.41, 5.74) is 0.982. The van der Waals surface area contributed by atoms with Gasteiger partial charge in [-0.15, -0.1) is 0 Å². The normalized spacial score (nSPS) is 27.6. The average Bonchev–Trinajstić information content (AvgIpc) is 1.98. The molecule has 1 aliphatic carbocycles. The minimum Gasteiger partial charge on any atom is -0.313 e. The first-order valence-corrected chi connectivity index (χ1v) is 6.02. The van der Waals surface area contributed by atoms with Crippen molar-refractivity contribution in [2.75, 3.05) is 6.54 Å². The minimum atomic E-state index is 0.418. The molecule has 1 heteroatoms. The van der Waals surface area contributed by atoms with E-state index in [-0.39, 0.29) is 0 Å². The lowest BCUT2D eigenvalue weighted by Gasteiger charge is -2.37. The van der Waals surface area contributed by atoms with Crippen LogP contribution in [0, 0.1) is 10.8 Å². The van der Waals surface area contributed by atoms with Crippen molar-refractivity contribution in [1.29, 1.82) is 0 Å². The highest BCUT2D eigenvalue weighted by atomic mass is 14.9. The molecule has 0 amide bonds. The molecule has 0 aromatic carbocycles. The van der Waals surface area contributed by atoms with Gasteiger partial charge in [-0.3, -0.25) is 0 Å². The van der Waals surface area contributed by atoms with Gasteiger partial charge in [0.25, 0.3) is 0 Å². The smallest absolute Gasteiger partial charge is 0.00723 e. The second-order valence-electron chi connectivity index (χ2n) is 6.90. The maximum Gasteiger partial charge on any atom is 0.00723 e. The summed E-state index contributed by atoms with van der Waals surface area (Å²) < 4.78 is 0. The molecule has 1 nitrogen and oxygen atoms in total. The van der Waals surface area contributed by atoms with Crippen molar-refractivity contribution in [3.63, 3.8) is 0 Å². The molecule has 0 aromatic rings. The Morgan fingerprint density at radius 3 is 2.43 bits per heavy atom. The molecule has 1 saturated carbocycles. The first-order chi connectivity index (χ1) is 6.29. The van der Waals surface area contributed by atoms with Gasteiger partial charge in [0.05, 0.1) is 0 Å². The van der Waals surface area contributed by atoms with Crippen LogP contribution in [0.3, 0.4) is 0 Å². The molecule has 1 atom stereocenters. The molecule has 0 spiro atoms. The summed E-state index contributed by atoms with van der Waals surface area (Å²) in [6, 6.07) is 0.762. The van der Waals surface area contributed by atoms with E-state index in [0.717, 1.165) is 12.6 Å². The lowest BCUT2D eigenvalue weighted by atomic mass is 9.75. The predicted octanol–water partition coefficient (Wildman–Crippen LogP) is 3.59.